The maximum absolute atomic E-state index is 11.6. The summed E-state index contributed by atoms with van der Waals surface area (Å²) in [6.07, 6.45) is 6.82. The lowest BCUT2D eigenvalue weighted by Crippen LogP contribution is -2.40. The first-order valence-electron chi connectivity index (χ1n) is 5.73. The Hall–Kier alpha value is -1.76. The van der Waals surface area contributed by atoms with E-state index >= 15 is 0 Å². The molecule has 1 amide bonds. The molecule has 0 spiro atoms. The zero-order valence-electron chi connectivity index (χ0n) is 10.9. The number of carboxylic acids is 1. The zero-order valence-corrected chi connectivity index (χ0v) is 11.7. The summed E-state index contributed by atoms with van der Waals surface area (Å²) >= 11 is 1.54. The third-order valence-corrected chi connectivity index (χ3v) is 3.13. The third kappa shape index (κ3) is 5.17. The summed E-state index contributed by atoms with van der Waals surface area (Å²) in [6.45, 7) is 0. The van der Waals surface area contributed by atoms with Crippen molar-refractivity contribution in [1.29, 1.82) is 0 Å². The van der Waals surface area contributed by atoms with Crippen molar-refractivity contribution in [3.8, 4) is 0 Å². The fourth-order valence-electron chi connectivity index (χ4n) is 1.42. The van der Waals surface area contributed by atoms with Gasteiger partial charge in [0.1, 0.15) is 6.04 Å². The number of aryl methyl sites for hydroxylation is 1. The van der Waals surface area contributed by atoms with Crippen LogP contribution in [0.5, 0.6) is 0 Å². The lowest BCUT2D eigenvalue weighted by Gasteiger charge is -2.12. The lowest BCUT2D eigenvalue weighted by atomic mass is 10.2. The third-order valence-electron chi connectivity index (χ3n) is 2.49. The van der Waals surface area contributed by atoms with Gasteiger partial charge in [0.2, 0.25) is 5.91 Å². The topological polar surface area (TPSA) is 84.2 Å². The minimum atomic E-state index is -1.02. The Kier molecular flexibility index (Phi) is 6.14. The van der Waals surface area contributed by atoms with Crippen molar-refractivity contribution in [2.24, 2.45) is 7.05 Å². The van der Waals surface area contributed by atoms with Gasteiger partial charge >= 0.3 is 5.97 Å². The van der Waals surface area contributed by atoms with Crippen LogP contribution in [-0.2, 0) is 16.6 Å². The van der Waals surface area contributed by atoms with E-state index in [1.54, 1.807) is 41.8 Å². The van der Waals surface area contributed by atoms with Crippen molar-refractivity contribution in [2.75, 3.05) is 12.0 Å². The summed E-state index contributed by atoms with van der Waals surface area (Å²) in [5.41, 5.74) is 0.770. The second kappa shape index (κ2) is 7.63. The second-order valence-corrected chi connectivity index (χ2v) is 4.88. The summed E-state index contributed by atoms with van der Waals surface area (Å²) in [6, 6.07) is 0.905. The summed E-state index contributed by atoms with van der Waals surface area (Å²) in [4.78, 5) is 22.6. The van der Waals surface area contributed by atoms with Crippen LogP contribution in [0.25, 0.3) is 6.08 Å². The van der Waals surface area contributed by atoms with Crippen LogP contribution >= 0.6 is 11.8 Å². The molecule has 0 radical (unpaired) electrons. The summed E-state index contributed by atoms with van der Waals surface area (Å²) in [5.74, 6) is -0.756. The molecule has 0 fully saturated rings. The van der Waals surface area contributed by atoms with Gasteiger partial charge in [-0.2, -0.15) is 16.9 Å². The number of hydrogen-bond donors (Lipinski definition) is 2. The number of thioether (sulfide) groups is 1. The number of aromatic nitrogens is 2. The van der Waals surface area contributed by atoms with E-state index in [1.165, 1.54) is 6.08 Å². The summed E-state index contributed by atoms with van der Waals surface area (Å²) in [5, 5.41) is 15.4. The quantitative estimate of drug-likeness (QED) is 0.722. The van der Waals surface area contributed by atoms with Crippen LogP contribution in [0.15, 0.2) is 18.3 Å². The Bertz CT molecular complexity index is 471. The van der Waals surface area contributed by atoms with E-state index in [-0.39, 0.29) is 0 Å². The van der Waals surface area contributed by atoms with Crippen LogP contribution in [0.1, 0.15) is 12.1 Å². The molecule has 2 N–H and O–H groups in total. The van der Waals surface area contributed by atoms with Crippen LogP contribution in [-0.4, -0.2) is 44.8 Å². The van der Waals surface area contributed by atoms with E-state index < -0.39 is 17.9 Å². The van der Waals surface area contributed by atoms with Crippen LogP contribution < -0.4 is 5.32 Å². The standard InChI is InChI=1S/C12H17N3O3S/c1-15-9(5-7-13-15)3-4-11(16)14-10(12(17)18)6-8-19-2/h3-5,7,10H,6,8H2,1-2H3,(H,14,16)(H,17,18)/b4-3+/t10-/m1/s1. The van der Waals surface area contributed by atoms with Gasteiger partial charge in [0.15, 0.2) is 0 Å². The Morgan fingerprint density at radius 1 is 1.63 bits per heavy atom. The van der Waals surface area contributed by atoms with Crippen LogP contribution in [0.2, 0.25) is 0 Å². The first kappa shape index (κ1) is 15.3. The number of carbonyl (C=O) groups excluding carboxylic acids is 1. The predicted molar refractivity (Wildman–Crippen MR) is 74.8 cm³/mol. The molecule has 104 valence electrons. The van der Waals surface area contributed by atoms with Crippen molar-refractivity contribution in [1.82, 2.24) is 15.1 Å². The molecule has 7 heteroatoms. The maximum Gasteiger partial charge on any atom is 0.326 e. The average Bonchev–Trinajstić information content (AvgIpc) is 2.77. The van der Waals surface area contributed by atoms with Gasteiger partial charge in [-0.3, -0.25) is 9.48 Å². The molecule has 0 aliphatic heterocycles. The van der Waals surface area contributed by atoms with E-state index in [2.05, 4.69) is 10.4 Å². The van der Waals surface area contributed by atoms with E-state index in [0.29, 0.717) is 12.2 Å². The molecule has 19 heavy (non-hydrogen) atoms. The first-order valence-corrected chi connectivity index (χ1v) is 7.12. The summed E-state index contributed by atoms with van der Waals surface area (Å²) < 4.78 is 1.62. The minimum Gasteiger partial charge on any atom is -0.480 e. The highest BCUT2D eigenvalue weighted by Gasteiger charge is 2.17. The van der Waals surface area contributed by atoms with Crippen LogP contribution in [0.3, 0.4) is 0 Å². The van der Waals surface area contributed by atoms with Crippen molar-refractivity contribution in [3.63, 3.8) is 0 Å². The fourth-order valence-corrected chi connectivity index (χ4v) is 1.89. The predicted octanol–water partition coefficient (Wildman–Crippen LogP) is 0.756. The molecule has 0 aliphatic carbocycles. The van der Waals surface area contributed by atoms with Gasteiger partial charge < -0.3 is 10.4 Å². The normalized spacial score (nSPS) is 12.5. The Labute approximate surface area is 115 Å². The van der Waals surface area contributed by atoms with E-state index in [1.807, 2.05) is 6.26 Å². The smallest absolute Gasteiger partial charge is 0.326 e. The number of aliphatic carboxylic acids is 1. The SMILES string of the molecule is CSCC[C@@H](NC(=O)/C=C/c1ccnn1C)C(=O)O. The van der Waals surface area contributed by atoms with Gasteiger partial charge in [0.05, 0.1) is 5.69 Å². The van der Waals surface area contributed by atoms with Crippen LogP contribution in [0, 0.1) is 0 Å². The maximum atomic E-state index is 11.6. The molecule has 1 aromatic rings. The number of carboxylic acid groups (broad SMARTS) is 1. The highest BCUT2D eigenvalue weighted by molar-refractivity contribution is 7.98. The first-order chi connectivity index (χ1) is 9.04. The number of nitrogens with one attached hydrogen (secondary N) is 1. The van der Waals surface area contributed by atoms with Crippen molar-refractivity contribution in [2.45, 2.75) is 12.5 Å². The number of hydrogen-bond acceptors (Lipinski definition) is 4. The molecular formula is C12H17N3O3S. The number of amides is 1. The highest BCUT2D eigenvalue weighted by atomic mass is 32.2. The monoisotopic (exact) mass is 283 g/mol. The van der Waals surface area contributed by atoms with E-state index in [9.17, 15) is 9.59 Å². The van der Waals surface area contributed by atoms with Gasteiger partial charge in [-0.15, -0.1) is 0 Å². The Morgan fingerprint density at radius 3 is 2.89 bits per heavy atom. The van der Waals surface area contributed by atoms with Crippen molar-refractivity contribution in [3.05, 3.63) is 24.0 Å². The zero-order chi connectivity index (χ0) is 14.3. The second-order valence-electron chi connectivity index (χ2n) is 3.89. The number of nitrogens with zero attached hydrogens (tertiary/aromatic N) is 2. The fraction of sp³-hybridized carbons (Fsp3) is 0.417. The lowest BCUT2D eigenvalue weighted by molar-refractivity contribution is -0.141. The molecule has 0 saturated carbocycles. The molecule has 1 heterocycles. The highest BCUT2D eigenvalue weighted by Crippen LogP contribution is 2.02. The van der Waals surface area contributed by atoms with Gasteiger partial charge in [-0.05, 0) is 30.6 Å². The Morgan fingerprint density at radius 2 is 2.37 bits per heavy atom. The molecule has 0 aliphatic rings. The number of carbonyl (C=O) groups is 2. The van der Waals surface area contributed by atoms with Crippen molar-refractivity contribution < 1.29 is 14.7 Å². The summed E-state index contributed by atoms with van der Waals surface area (Å²) in [7, 11) is 1.76. The average molecular weight is 283 g/mol. The molecule has 0 bridgehead atoms. The molecule has 1 atom stereocenters. The molecule has 0 saturated heterocycles. The molecule has 0 unspecified atom stereocenters. The number of rotatable bonds is 7. The Balaban J connectivity index is 2.55. The molecule has 6 nitrogen and oxygen atoms in total. The largest absolute Gasteiger partial charge is 0.480 e. The van der Waals surface area contributed by atoms with Gasteiger partial charge in [-0.25, -0.2) is 4.79 Å². The van der Waals surface area contributed by atoms with E-state index in [0.717, 1.165) is 5.69 Å². The van der Waals surface area contributed by atoms with Crippen LogP contribution in [0.4, 0.5) is 0 Å². The van der Waals surface area contributed by atoms with Gasteiger partial charge in [0, 0.05) is 19.3 Å². The molecular weight excluding hydrogens is 266 g/mol. The van der Waals surface area contributed by atoms with E-state index in [4.69, 9.17) is 5.11 Å². The minimum absolute atomic E-state index is 0.405. The van der Waals surface area contributed by atoms with Gasteiger partial charge in [-0.1, -0.05) is 0 Å². The molecule has 1 aromatic heterocycles. The molecule has 1 rings (SSSR count). The van der Waals surface area contributed by atoms with Gasteiger partial charge in [0.25, 0.3) is 0 Å². The molecule has 0 aromatic carbocycles. The van der Waals surface area contributed by atoms with Crippen molar-refractivity contribution >= 4 is 29.7 Å².